The lowest BCUT2D eigenvalue weighted by Crippen LogP contribution is -2.07. The summed E-state index contributed by atoms with van der Waals surface area (Å²) in [6, 6.07) is 0. The Morgan fingerprint density at radius 1 is 1.62 bits per heavy atom. The van der Waals surface area contributed by atoms with E-state index >= 15 is 0 Å². The maximum absolute atomic E-state index is 4.19. The van der Waals surface area contributed by atoms with Gasteiger partial charge in [-0.1, -0.05) is 0 Å². The van der Waals surface area contributed by atoms with Crippen LogP contribution in [0.4, 0.5) is 5.95 Å². The number of aromatic nitrogens is 2. The number of nitrogens with one attached hydrogen (secondary N) is 1. The lowest BCUT2D eigenvalue weighted by Gasteiger charge is -2.05. The minimum absolute atomic E-state index is 0.859. The van der Waals surface area contributed by atoms with Crippen LogP contribution in [-0.4, -0.2) is 16.1 Å². The first kappa shape index (κ1) is 9.66. The van der Waals surface area contributed by atoms with Crippen LogP contribution in [0.3, 0.4) is 0 Å². The van der Waals surface area contributed by atoms with Gasteiger partial charge in [0.2, 0.25) is 5.95 Å². The van der Waals surface area contributed by atoms with Crippen molar-refractivity contribution < 1.29 is 0 Å². The van der Waals surface area contributed by atoms with Crippen LogP contribution < -0.4 is 5.32 Å². The zero-order valence-corrected chi connectivity index (χ0v) is 8.17. The molecule has 0 amide bonds. The van der Waals surface area contributed by atoms with Gasteiger partial charge in [0.1, 0.15) is 0 Å². The molecular formula is C10H15N3. The fourth-order valence-corrected chi connectivity index (χ4v) is 1.09. The molecule has 0 aromatic carbocycles. The molecule has 0 aliphatic carbocycles. The third kappa shape index (κ3) is 2.83. The van der Waals surface area contributed by atoms with Gasteiger partial charge in [-0.3, -0.25) is 0 Å². The van der Waals surface area contributed by atoms with Crippen LogP contribution in [0.25, 0.3) is 0 Å². The largest absolute Gasteiger partial charge is 0.355 e. The van der Waals surface area contributed by atoms with E-state index in [9.17, 15) is 0 Å². The molecule has 13 heavy (non-hydrogen) atoms. The van der Waals surface area contributed by atoms with Gasteiger partial charge < -0.3 is 9.88 Å². The van der Waals surface area contributed by atoms with Crippen molar-refractivity contribution in [1.29, 1.82) is 0 Å². The normalized spacial score (nSPS) is 9.08. The lowest BCUT2D eigenvalue weighted by atomic mass is 10.4. The second-order valence-corrected chi connectivity index (χ2v) is 2.64. The van der Waals surface area contributed by atoms with Crippen LogP contribution in [0.15, 0.2) is 12.4 Å². The molecule has 0 bridgehead atoms. The Balaban J connectivity index is 2.38. The van der Waals surface area contributed by atoms with E-state index in [-0.39, 0.29) is 0 Å². The first-order valence-corrected chi connectivity index (χ1v) is 4.53. The topological polar surface area (TPSA) is 29.9 Å². The summed E-state index contributed by atoms with van der Waals surface area (Å²) in [7, 11) is 0. The van der Waals surface area contributed by atoms with E-state index in [1.54, 1.807) is 6.20 Å². The van der Waals surface area contributed by atoms with Crippen molar-refractivity contribution in [2.24, 2.45) is 0 Å². The van der Waals surface area contributed by atoms with E-state index < -0.39 is 0 Å². The molecule has 1 aromatic heterocycles. The Hall–Kier alpha value is -1.43. The summed E-state index contributed by atoms with van der Waals surface area (Å²) in [6.45, 7) is 5.76. The number of hydrogen-bond acceptors (Lipinski definition) is 2. The smallest absolute Gasteiger partial charge is 0.202 e. The SMILES string of the molecule is CC#CCCNc1nccn1CC. The quantitative estimate of drug-likeness (QED) is 0.560. The van der Waals surface area contributed by atoms with Crippen molar-refractivity contribution in [1.82, 2.24) is 9.55 Å². The summed E-state index contributed by atoms with van der Waals surface area (Å²) in [5.41, 5.74) is 0. The molecule has 0 spiro atoms. The number of nitrogens with zero attached hydrogens (tertiary/aromatic N) is 2. The zero-order valence-electron chi connectivity index (χ0n) is 8.17. The van der Waals surface area contributed by atoms with Crippen molar-refractivity contribution in [3.63, 3.8) is 0 Å². The molecule has 0 aliphatic heterocycles. The van der Waals surface area contributed by atoms with Gasteiger partial charge in [0, 0.05) is 31.9 Å². The minimum Gasteiger partial charge on any atom is -0.355 e. The predicted octanol–water partition coefficient (Wildman–Crippen LogP) is 1.73. The van der Waals surface area contributed by atoms with E-state index in [2.05, 4.69) is 33.6 Å². The van der Waals surface area contributed by atoms with Gasteiger partial charge >= 0.3 is 0 Å². The highest BCUT2D eigenvalue weighted by Crippen LogP contribution is 2.02. The predicted molar refractivity (Wildman–Crippen MR) is 54.5 cm³/mol. The average Bonchev–Trinajstić information content (AvgIpc) is 2.60. The van der Waals surface area contributed by atoms with Crippen LogP contribution in [0.2, 0.25) is 0 Å². The zero-order chi connectivity index (χ0) is 9.52. The highest BCUT2D eigenvalue weighted by molar-refractivity contribution is 5.25. The Morgan fingerprint density at radius 3 is 3.15 bits per heavy atom. The molecule has 3 heteroatoms. The van der Waals surface area contributed by atoms with Gasteiger partial charge in [0.25, 0.3) is 0 Å². The third-order valence-electron chi connectivity index (χ3n) is 1.77. The molecule has 0 saturated carbocycles. The number of anilines is 1. The molecule has 1 aromatic rings. The highest BCUT2D eigenvalue weighted by Gasteiger charge is 1.97. The van der Waals surface area contributed by atoms with Crippen LogP contribution in [0.5, 0.6) is 0 Å². The van der Waals surface area contributed by atoms with Crippen LogP contribution in [0.1, 0.15) is 20.3 Å². The summed E-state index contributed by atoms with van der Waals surface area (Å²) in [5.74, 6) is 6.79. The molecule has 0 saturated heterocycles. The molecule has 0 radical (unpaired) electrons. The number of aryl methyl sites for hydroxylation is 1. The standard InChI is InChI=1S/C10H15N3/c1-3-5-6-7-11-10-12-8-9-13(10)4-2/h8-9H,4,6-7H2,1-2H3,(H,11,12). The van der Waals surface area contributed by atoms with Crippen molar-refractivity contribution >= 4 is 5.95 Å². The molecule has 1 heterocycles. The van der Waals surface area contributed by atoms with Gasteiger partial charge in [0.05, 0.1) is 0 Å². The minimum atomic E-state index is 0.859. The Kier molecular flexibility index (Phi) is 3.90. The van der Waals surface area contributed by atoms with Gasteiger partial charge in [0.15, 0.2) is 0 Å². The summed E-state index contributed by atoms with van der Waals surface area (Å²) in [6.07, 6.45) is 4.64. The molecule has 0 aliphatic rings. The Morgan fingerprint density at radius 2 is 2.46 bits per heavy atom. The molecule has 3 nitrogen and oxygen atoms in total. The molecular weight excluding hydrogens is 162 g/mol. The van der Waals surface area contributed by atoms with Crippen LogP contribution in [-0.2, 0) is 6.54 Å². The van der Waals surface area contributed by atoms with Crippen molar-refractivity contribution in [2.75, 3.05) is 11.9 Å². The van der Waals surface area contributed by atoms with Gasteiger partial charge in [-0.25, -0.2) is 4.98 Å². The molecule has 0 unspecified atom stereocenters. The lowest BCUT2D eigenvalue weighted by molar-refractivity contribution is 0.763. The number of rotatable bonds is 4. The van der Waals surface area contributed by atoms with Crippen LogP contribution >= 0.6 is 0 Å². The summed E-state index contributed by atoms with van der Waals surface area (Å²) < 4.78 is 2.07. The van der Waals surface area contributed by atoms with Crippen LogP contribution in [0, 0.1) is 11.8 Å². The second-order valence-electron chi connectivity index (χ2n) is 2.64. The molecule has 0 fully saturated rings. The first-order valence-electron chi connectivity index (χ1n) is 4.53. The number of imidazole rings is 1. The van der Waals surface area contributed by atoms with E-state index in [0.717, 1.165) is 25.5 Å². The van der Waals surface area contributed by atoms with E-state index in [0.29, 0.717) is 0 Å². The first-order chi connectivity index (χ1) is 6.38. The highest BCUT2D eigenvalue weighted by atomic mass is 15.2. The van der Waals surface area contributed by atoms with Gasteiger partial charge in [-0.05, 0) is 13.8 Å². The molecule has 70 valence electrons. The maximum Gasteiger partial charge on any atom is 0.202 e. The van der Waals surface area contributed by atoms with Crippen molar-refractivity contribution in [3.8, 4) is 11.8 Å². The molecule has 1 rings (SSSR count). The fourth-order valence-electron chi connectivity index (χ4n) is 1.09. The van der Waals surface area contributed by atoms with E-state index in [1.807, 2.05) is 13.1 Å². The monoisotopic (exact) mass is 177 g/mol. The fraction of sp³-hybridized carbons (Fsp3) is 0.500. The maximum atomic E-state index is 4.19. The third-order valence-corrected chi connectivity index (χ3v) is 1.77. The Labute approximate surface area is 79.2 Å². The van der Waals surface area contributed by atoms with E-state index in [4.69, 9.17) is 0 Å². The average molecular weight is 177 g/mol. The Bertz CT molecular complexity index is 303. The van der Waals surface area contributed by atoms with E-state index in [1.165, 1.54) is 0 Å². The molecule has 1 N–H and O–H groups in total. The van der Waals surface area contributed by atoms with Crippen molar-refractivity contribution in [2.45, 2.75) is 26.8 Å². The van der Waals surface area contributed by atoms with Crippen molar-refractivity contribution in [3.05, 3.63) is 12.4 Å². The van der Waals surface area contributed by atoms with Gasteiger partial charge in [-0.2, -0.15) is 0 Å². The summed E-state index contributed by atoms with van der Waals surface area (Å²) in [5, 5.41) is 3.23. The second kappa shape index (κ2) is 5.26. The number of hydrogen-bond donors (Lipinski definition) is 1. The molecule has 0 atom stereocenters. The summed E-state index contributed by atoms with van der Waals surface area (Å²) >= 11 is 0. The summed E-state index contributed by atoms with van der Waals surface area (Å²) in [4.78, 5) is 4.19. The van der Waals surface area contributed by atoms with Gasteiger partial charge in [-0.15, -0.1) is 11.8 Å².